The van der Waals surface area contributed by atoms with Gasteiger partial charge in [0.1, 0.15) is 5.60 Å². The van der Waals surface area contributed by atoms with E-state index in [9.17, 15) is 9.59 Å². The number of carbonyl (C=O) groups excluding carboxylic acids is 2. The van der Waals surface area contributed by atoms with Crippen LogP contribution in [-0.4, -0.2) is 48.2 Å². The van der Waals surface area contributed by atoms with E-state index in [-0.39, 0.29) is 24.0 Å². The minimum atomic E-state index is -0.518. The lowest BCUT2D eigenvalue weighted by Crippen LogP contribution is -2.49. The van der Waals surface area contributed by atoms with E-state index in [2.05, 4.69) is 10.6 Å². The Balaban J connectivity index is 1.83. The van der Waals surface area contributed by atoms with Crippen molar-refractivity contribution >= 4 is 12.0 Å². The number of hydrogen-bond donors (Lipinski definition) is 2. The molecule has 2 aliphatic rings. The van der Waals surface area contributed by atoms with E-state index in [1.807, 2.05) is 46.0 Å². The van der Waals surface area contributed by atoms with Crippen LogP contribution in [0.3, 0.4) is 0 Å². The van der Waals surface area contributed by atoms with E-state index in [4.69, 9.17) is 4.74 Å². The highest BCUT2D eigenvalue weighted by molar-refractivity contribution is 5.80. The van der Waals surface area contributed by atoms with Crippen LogP contribution in [0.25, 0.3) is 0 Å². The molecule has 0 aromatic heterocycles. The summed E-state index contributed by atoms with van der Waals surface area (Å²) in [7, 11) is 0. The number of rotatable bonds is 3. The molecule has 0 aliphatic carbocycles. The van der Waals surface area contributed by atoms with Crippen LogP contribution in [0, 0.1) is 5.92 Å². The van der Waals surface area contributed by atoms with Crippen LogP contribution >= 0.6 is 0 Å². The lowest BCUT2D eigenvalue weighted by atomic mass is 9.97. The molecule has 2 atom stereocenters. The van der Waals surface area contributed by atoms with Gasteiger partial charge in [0.25, 0.3) is 0 Å². The Morgan fingerprint density at radius 2 is 2.17 bits per heavy atom. The van der Waals surface area contributed by atoms with Crippen molar-refractivity contribution in [2.75, 3.05) is 19.6 Å². The van der Waals surface area contributed by atoms with E-state index < -0.39 is 5.60 Å². The van der Waals surface area contributed by atoms with Crippen LogP contribution in [0.2, 0.25) is 0 Å². The molecule has 2 amide bonds. The van der Waals surface area contributed by atoms with Crippen LogP contribution in [0.1, 0.15) is 40.5 Å². The minimum absolute atomic E-state index is 0.00686. The number of ether oxygens (including phenoxy) is 1. The summed E-state index contributed by atoms with van der Waals surface area (Å²) in [6.45, 7) is 9.21. The number of dihydropyridines is 1. The van der Waals surface area contributed by atoms with Gasteiger partial charge >= 0.3 is 6.09 Å². The van der Waals surface area contributed by atoms with Gasteiger partial charge in [0, 0.05) is 19.6 Å². The molecule has 0 aromatic carbocycles. The Bertz CT molecular complexity index is 534. The minimum Gasteiger partial charge on any atom is -0.444 e. The molecule has 0 aromatic rings. The number of nitrogens with zero attached hydrogens (tertiary/aromatic N) is 1. The predicted octanol–water partition coefficient (Wildman–Crippen LogP) is 2.18. The lowest BCUT2D eigenvalue weighted by molar-refractivity contribution is -0.126. The van der Waals surface area contributed by atoms with Crippen molar-refractivity contribution in [1.82, 2.24) is 15.5 Å². The van der Waals surface area contributed by atoms with Gasteiger partial charge in [0.05, 0.1) is 12.0 Å². The van der Waals surface area contributed by atoms with Gasteiger partial charge in [-0.1, -0.05) is 6.08 Å². The Hall–Kier alpha value is -1.98. The highest BCUT2D eigenvalue weighted by atomic mass is 16.6. The second kappa shape index (κ2) is 7.73. The molecule has 0 saturated carbocycles. The topological polar surface area (TPSA) is 70.7 Å². The van der Waals surface area contributed by atoms with E-state index in [1.165, 1.54) is 5.57 Å². The quantitative estimate of drug-likeness (QED) is 0.829. The molecule has 134 valence electrons. The summed E-state index contributed by atoms with van der Waals surface area (Å²) in [4.78, 5) is 26.3. The fraction of sp³-hybridized carbons (Fsp3) is 0.667. The van der Waals surface area contributed by atoms with E-state index in [0.29, 0.717) is 19.6 Å². The molecular formula is C18H29N3O3. The molecule has 2 heterocycles. The largest absolute Gasteiger partial charge is 0.444 e. The zero-order valence-electron chi connectivity index (χ0n) is 15.1. The molecule has 6 nitrogen and oxygen atoms in total. The predicted molar refractivity (Wildman–Crippen MR) is 93.4 cm³/mol. The third-order valence-electron chi connectivity index (χ3n) is 4.23. The Kier molecular flexibility index (Phi) is 5.91. The van der Waals surface area contributed by atoms with Gasteiger partial charge in [-0.25, -0.2) is 4.79 Å². The Labute approximate surface area is 144 Å². The van der Waals surface area contributed by atoms with Crippen molar-refractivity contribution in [1.29, 1.82) is 0 Å². The first-order valence-corrected chi connectivity index (χ1v) is 8.61. The van der Waals surface area contributed by atoms with Gasteiger partial charge < -0.3 is 20.3 Å². The number of hydrogen-bond acceptors (Lipinski definition) is 4. The normalized spacial score (nSPS) is 24.0. The number of piperidine rings is 1. The van der Waals surface area contributed by atoms with Gasteiger partial charge in [0.15, 0.2) is 0 Å². The van der Waals surface area contributed by atoms with Crippen molar-refractivity contribution < 1.29 is 14.3 Å². The summed E-state index contributed by atoms with van der Waals surface area (Å²) >= 11 is 0. The fourth-order valence-corrected chi connectivity index (χ4v) is 2.87. The van der Waals surface area contributed by atoms with Crippen LogP contribution < -0.4 is 10.6 Å². The maximum atomic E-state index is 12.4. The fourth-order valence-electron chi connectivity index (χ4n) is 2.87. The van der Waals surface area contributed by atoms with Gasteiger partial charge in [0.2, 0.25) is 5.91 Å². The number of nitrogens with one attached hydrogen (secondary N) is 2. The summed E-state index contributed by atoms with van der Waals surface area (Å²) in [5.74, 6) is -0.165. The second-order valence-electron chi connectivity index (χ2n) is 7.50. The molecule has 2 unspecified atom stereocenters. The van der Waals surface area contributed by atoms with Crippen LogP contribution in [-0.2, 0) is 9.53 Å². The monoisotopic (exact) mass is 335 g/mol. The molecule has 0 bridgehead atoms. The summed E-state index contributed by atoms with van der Waals surface area (Å²) in [5, 5.41) is 6.24. The third-order valence-corrected chi connectivity index (χ3v) is 4.23. The number of amides is 2. The molecule has 2 aliphatic heterocycles. The second-order valence-corrected chi connectivity index (χ2v) is 7.50. The first-order valence-electron chi connectivity index (χ1n) is 8.61. The SMILES string of the molecule is CC1=CC=CNC1CNC(=O)C1CCCN(C(=O)OC(C)(C)C)C1. The third kappa shape index (κ3) is 5.28. The van der Waals surface area contributed by atoms with Gasteiger partial charge in [-0.3, -0.25) is 4.79 Å². The molecule has 0 radical (unpaired) electrons. The average Bonchev–Trinajstić information content (AvgIpc) is 2.52. The lowest BCUT2D eigenvalue weighted by Gasteiger charge is -2.33. The average molecular weight is 335 g/mol. The zero-order chi connectivity index (χ0) is 17.7. The molecule has 0 spiro atoms. The van der Waals surface area contributed by atoms with Gasteiger partial charge in [-0.05, 0) is 58.4 Å². The molecule has 2 N–H and O–H groups in total. The summed E-state index contributed by atoms with van der Waals surface area (Å²) < 4.78 is 5.40. The van der Waals surface area contributed by atoms with Gasteiger partial charge in [-0.15, -0.1) is 0 Å². The standard InChI is InChI=1S/C18H29N3O3/c1-13-7-5-9-19-15(13)11-20-16(22)14-8-6-10-21(12-14)17(23)24-18(2,3)4/h5,7,9,14-15,19H,6,8,10-12H2,1-4H3,(H,20,22). The van der Waals surface area contributed by atoms with E-state index in [0.717, 1.165) is 12.8 Å². The number of carbonyl (C=O) groups is 2. The first-order chi connectivity index (χ1) is 11.3. The first kappa shape index (κ1) is 18.4. The molecule has 2 rings (SSSR count). The Morgan fingerprint density at radius 3 is 2.83 bits per heavy atom. The van der Waals surface area contributed by atoms with E-state index in [1.54, 1.807) is 4.90 Å². The molecule has 1 fully saturated rings. The van der Waals surface area contributed by atoms with Crippen LogP contribution in [0.4, 0.5) is 4.79 Å². The van der Waals surface area contributed by atoms with Crippen LogP contribution in [0.5, 0.6) is 0 Å². The number of likely N-dealkylation sites (tertiary alicyclic amines) is 1. The highest BCUT2D eigenvalue weighted by Crippen LogP contribution is 2.19. The van der Waals surface area contributed by atoms with Crippen molar-refractivity contribution in [2.45, 2.75) is 52.2 Å². The maximum Gasteiger partial charge on any atom is 0.410 e. The maximum absolute atomic E-state index is 12.4. The summed E-state index contributed by atoms with van der Waals surface area (Å²) in [6.07, 6.45) is 7.16. The Morgan fingerprint density at radius 1 is 1.42 bits per heavy atom. The summed E-state index contributed by atoms with van der Waals surface area (Å²) in [6, 6.07) is 0.129. The van der Waals surface area contributed by atoms with E-state index >= 15 is 0 Å². The molecule has 1 saturated heterocycles. The molecular weight excluding hydrogens is 306 g/mol. The van der Waals surface area contributed by atoms with Gasteiger partial charge in [-0.2, -0.15) is 0 Å². The van der Waals surface area contributed by atoms with Crippen LogP contribution in [0.15, 0.2) is 23.9 Å². The zero-order valence-corrected chi connectivity index (χ0v) is 15.1. The van der Waals surface area contributed by atoms with Crippen molar-refractivity contribution in [3.63, 3.8) is 0 Å². The van der Waals surface area contributed by atoms with Crippen molar-refractivity contribution in [2.24, 2.45) is 5.92 Å². The highest BCUT2D eigenvalue weighted by Gasteiger charge is 2.31. The summed E-state index contributed by atoms with van der Waals surface area (Å²) in [5.41, 5.74) is 0.674. The van der Waals surface area contributed by atoms with Crippen molar-refractivity contribution in [3.05, 3.63) is 23.9 Å². The molecule has 24 heavy (non-hydrogen) atoms. The smallest absolute Gasteiger partial charge is 0.410 e. The molecule has 6 heteroatoms. The van der Waals surface area contributed by atoms with Crippen molar-refractivity contribution in [3.8, 4) is 0 Å². The number of allylic oxidation sites excluding steroid dienone is 2.